The third kappa shape index (κ3) is 1.16. The molecular formula is C7H4ClN4O2-. The summed E-state index contributed by atoms with van der Waals surface area (Å²) in [7, 11) is 0. The molecule has 0 aliphatic heterocycles. The van der Waals surface area contributed by atoms with E-state index in [2.05, 4.69) is 15.0 Å². The number of aromatic amines is 1. The number of H-pyrrole nitrogens is 1. The van der Waals surface area contributed by atoms with Gasteiger partial charge in [0, 0.05) is 6.20 Å². The van der Waals surface area contributed by atoms with Crippen molar-refractivity contribution in [2.45, 2.75) is 0 Å². The number of hydrogen-bond acceptors (Lipinski definition) is 5. The zero-order valence-electron chi connectivity index (χ0n) is 6.74. The second-order valence-corrected chi connectivity index (χ2v) is 2.99. The highest BCUT2D eigenvalue weighted by molar-refractivity contribution is 6.35. The number of nitrogen functional groups attached to an aromatic ring is 1. The Morgan fingerprint density at radius 1 is 1.57 bits per heavy atom. The number of carboxylic acids is 1. The van der Waals surface area contributed by atoms with Crippen LogP contribution in [0.15, 0.2) is 6.20 Å². The van der Waals surface area contributed by atoms with E-state index in [0.29, 0.717) is 5.65 Å². The zero-order valence-corrected chi connectivity index (χ0v) is 7.50. The van der Waals surface area contributed by atoms with Crippen LogP contribution in [0.5, 0.6) is 0 Å². The average Bonchev–Trinajstić information content (AvgIpc) is 2.46. The van der Waals surface area contributed by atoms with Gasteiger partial charge in [-0.3, -0.25) is 0 Å². The van der Waals surface area contributed by atoms with E-state index in [1.165, 1.54) is 6.20 Å². The van der Waals surface area contributed by atoms with E-state index in [4.69, 9.17) is 17.3 Å². The number of aromatic nitrogens is 3. The first-order valence-corrected chi connectivity index (χ1v) is 3.99. The van der Waals surface area contributed by atoms with Gasteiger partial charge in [-0.25, -0.2) is 9.97 Å². The van der Waals surface area contributed by atoms with Gasteiger partial charge < -0.3 is 20.6 Å². The number of halogens is 1. The third-order valence-electron chi connectivity index (χ3n) is 1.68. The van der Waals surface area contributed by atoms with Crippen molar-refractivity contribution >= 4 is 34.6 Å². The Morgan fingerprint density at radius 3 is 2.93 bits per heavy atom. The van der Waals surface area contributed by atoms with Gasteiger partial charge in [-0.1, -0.05) is 11.6 Å². The molecule has 0 saturated carbocycles. The van der Waals surface area contributed by atoms with Crippen LogP contribution < -0.4 is 10.8 Å². The normalized spacial score (nSPS) is 10.6. The Balaban J connectivity index is 2.80. The molecule has 0 atom stereocenters. The van der Waals surface area contributed by atoms with Gasteiger partial charge in [0.05, 0.1) is 11.0 Å². The zero-order chi connectivity index (χ0) is 10.3. The van der Waals surface area contributed by atoms with E-state index in [9.17, 15) is 9.90 Å². The van der Waals surface area contributed by atoms with E-state index in [1.54, 1.807) is 0 Å². The van der Waals surface area contributed by atoms with Gasteiger partial charge in [-0.2, -0.15) is 0 Å². The molecule has 2 aromatic heterocycles. The van der Waals surface area contributed by atoms with Crippen LogP contribution in [0.1, 0.15) is 10.5 Å². The number of hydrogen-bond donors (Lipinski definition) is 2. The van der Waals surface area contributed by atoms with E-state index >= 15 is 0 Å². The molecule has 0 aliphatic carbocycles. The van der Waals surface area contributed by atoms with Crippen LogP contribution in [0, 0.1) is 0 Å². The van der Waals surface area contributed by atoms with Crippen molar-refractivity contribution in [1.82, 2.24) is 15.0 Å². The fourth-order valence-corrected chi connectivity index (χ4v) is 1.25. The summed E-state index contributed by atoms with van der Waals surface area (Å²) < 4.78 is 0. The maximum atomic E-state index is 10.6. The Morgan fingerprint density at radius 2 is 2.29 bits per heavy atom. The number of fused-ring (bicyclic) bond motifs is 1. The number of aromatic carboxylic acids is 1. The molecule has 3 N–H and O–H groups in total. The highest BCUT2D eigenvalue weighted by atomic mass is 35.5. The molecule has 2 aromatic rings. The molecule has 2 heterocycles. The molecule has 0 unspecified atom stereocenters. The minimum atomic E-state index is -1.48. The molecule has 0 saturated heterocycles. The second kappa shape index (κ2) is 2.85. The summed E-state index contributed by atoms with van der Waals surface area (Å²) in [6, 6.07) is 0. The van der Waals surface area contributed by atoms with Crippen molar-refractivity contribution in [2.75, 3.05) is 5.73 Å². The summed E-state index contributed by atoms with van der Waals surface area (Å²) in [6.07, 6.45) is 1.45. The summed E-state index contributed by atoms with van der Waals surface area (Å²) in [6.45, 7) is 0. The van der Waals surface area contributed by atoms with Crippen LogP contribution in [0.25, 0.3) is 11.2 Å². The fourth-order valence-electron chi connectivity index (χ4n) is 1.07. The van der Waals surface area contributed by atoms with Crippen LogP contribution >= 0.6 is 11.6 Å². The second-order valence-electron chi connectivity index (χ2n) is 2.58. The minimum Gasteiger partial charge on any atom is -0.543 e. The Kier molecular flexibility index (Phi) is 1.78. The summed E-state index contributed by atoms with van der Waals surface area (Å²) in [4.78, 5) is 20.7. The molecule has 0 fully saturated rings. The van der Waals surface area contributed by atoms with Crippen molar-refractivity contribution < 1.29 is 9.90 Å². The molecule has 0 spiro atoms. The first-order chi connectivity index (χ1) is 6.59. The van der Waals surface area contributed by atoms with Gasteiger partial charge in [0.2, 0.25) is 0 Å². The van der Waals surface area contributed by atoms with Gasteiger partial charge >= 0.3 is 0 Å². The molecular weight excluding hydrogens is 208 g/mol. The molecule has 0 aliphatic rings. The number of carbonyl (C=O) groups is 1. The maximum Gasteiger partial charge on any atom is 0.160 e. The quantitative estimate of drug-likeness (QED) is 0.665. The van der Waals surface area contributed by atoms with E-state index in [0.717, 1.165) is 0 Å². The lowest BCUT2D eigenvalue weighted by molar-refractivity contribution is -0.255. The van der Waals surface area contributed by atoms with Crippen molar-refractivity contribution in [3.8, 4) is 0 Å². The van der Waals surface area contributed by atoms with E-state index in [-0.39, 0.29) is 16.4 Å². The number of carbonyl (C=O) groups excluding carboxylic acids is 1. The monoisotopic (exact) mass is 211 g/mol. The van der Waals surface area contributed by atoms with Crippen molar-refractivity contribution in [2.24, 2.45) is 0 Å². The number of anilines is 1. The number of rotatable bonds is 1. The highest BCUT2D eigenvalue weighted by Crippen LogP contribution is 2.21. The molecule has 6 nitrogen and oxygen atoms in total. The van der Waals surface area contributed by atoms with Crippen molar-refractivity contribution in [1.29, 1.82) is 0 Å². The van der Waals surface area contributed by atoms with Gasteiger partial charge in [0.25, 0.3) is 0 Å². The van der Waals surface area contributed by atoms with Crippen LogP contribution in [0.3, 0.4) is 0 Å². The van der Waals surface area contributed by atoms with Crippen LogP contribution in [-0.2, 0) is 0 Å². The van der Waals surface area contributed by atoms with Gasteiger partial charge in [-0.15, -0.1) is 0 Å². The topological polar surface area (TPSA) is 108 Å². The predicted octanol–water partition coefficient (Wildman–Crippen LogP) is -0.443. The van der Waals surface area contributed by atoms with Crippen LogP contribution in [-0.4, -0.2) is 20.9 Å². The minimum absolute atomic E-state index is 0.198. The Hall–Kier alpha value is -1.82. The average molecular weight is 212 g/mol. The largest absolute Gasteiger partial charge is 0.543 e. The Bertz CT molecular complexity index is 522. The molecule has 2 rings (SSSR count). The first-order valence-electron chi connectivity index (χ1n) is 3.61. The predicted molar refractivity (Wildman–Crippen MR) is 47.6 cm³/mol. The van der Waals surface area contributed by atoms with Crippen LogP contribution in [0.4, 0.5) is 5.82 Å². The number of nitrogens with two attached hydrogens (primary N) is 1. The highest BCUT2D eigenvalue weighted by Gasteiger charge is 2.10. The van der Waals surface area contributed by atoms with Crippen molar-refractivity contribution in [3.63, 3.8) is 0 Å². The molecule has 72 valence electrons. The number of carboxylic acid groups (broad SMARTS) is 1. The van der Waals surface area contributed by atoms with Crippen LogP contribution in [0.2, 0.25) is 5.02 Å². The molecule has 0 bridgehead atoms. The van der Waals surface area contributed by atoms with E-state index in [1.807, 2.05) is 0 Å². The molecule has 0 aromatic carbocycles. The summed E-state index contributed by atoms with van der Waals surface area (Å²) in [5.74, 6) is -1.68. The molecule has 0 radical (unpaired) electrons. The van der Waals surface area contributed by atoms with Gasteiger partial charge in [-0.05, 0) is 0 Å². The summed E-state index contributed by atoms with van der Waals surface area (Å²) in [5, 5.41) is 10.8. The lowest BCUT2D eigenvalue weighted by Gasteiger charge is -2.03. The van der Waals surface area contributed by atoms with Gasteiger partial charge in [0.15, 0.2) is 11.5 Å². The standard InChI is InChI=1S/C7H5ClN4O2/c8-2-1-10-6-3(2)11-4(7(13)14)5(9)12-6/h1H,(H,13,14)(H3,9,10,12)/p-1. The first kappa shape index (κ1) is 8.76. The fraction of sp³-hybridized carbons (Fsp3) is 0. The van der Waals surface area contributed by atoms with Gasteiger partial charge in [0.1, 0.15) is 11.2 Å². The summed E-state index contributed by atoms with van der Waals surface area (Å²) in [5.41, 5.74) is 5.54. The molecule has 14 heavy (non-hydrogen) atoms. The molecule has 0 amide bonds. The lowest BCUT2D eigenvalue weighted by atomic mass is 10.4. The number of nitrogens with zero attached hydrogens (tertiary/aromatic N) is 2. The lowest BCUT2D eigenvalue weighted by Crippen LogP contribution is -2.25. The SMILES string of the molecule is Nc1nc2[nH]cc(Cl)c2nc1C(=O)[O-]. The Labute approximate surface area is 82.7 Å². The summed E-state index contributed by atoms with van der Waals surface area (Å²) >= 11 is 5.71. The smallest absolute Gasteiger partial charge is 0.160 e. The number of nitrogens with one attached hydrogen (secondary N) is 1. The maximum absolute atomic E-state index is 10.6. The van der Waals surface area contributed by atoms with E-state index < -0.39 is 11.7 Å². The van der Waals surface area contributed by atoms with Crippen molar-refractivity contribution in [3.05, 3.63) is 16.9 Å². The molecule has 7 heteroatoms. The third-order valence-corrected chi connectivity index (χ3v) is 1.97.